The number of likely N-dealkylation sites (tertiary alicyclic amines) is 1. The topological polar surface area (TPSA) is 59.9 Å². The minimum atomic E-state index is -4.31. The summed E-state index contributed by atoms with van der Waals surface area (Å²) in [6.45, 7) is 4.18. The quantitative estimate of drug-likeness (QED) is 0.359. The fourth-order valence-corrected chi connectivity index (χ4v) is 5.88. The maximum atomic E-state index is 13.7. The Morgan fingerprint density at radius 1 is 0.951 bits per heavy atom. The number of benzene rings is 2. The molecule has 7 nitrogen and oxygen atoms in total. The highest BCUT2D eigenvalue weighted by atomic mass is 19.4. The molecule has 4 bridgehead atoms. The van der Waals surface area contributed by atoms with Gasteiger partial charge in [0, 0.05) is 48.2 Å². The number of hydrogen-bond acceptors (Lipinski definition) is 6. The molecule has 3 aromatic rings. The van der Waals surface area contributed by atoms with E-state index in [0.717, 1.165) is 48.4 Å². The normalized spacial score (nSPS) is 22.3. The second kappa shape index (κ2) is 13.8. The molecule has 2 atom stereocenters. The van der Waals surface area contributed by atoms with Gasteiger partial charge in [-0.15, -0.1) is 0 Å². The number of hydrogen-bond donors (Lipinski definition) is 2. The minimum Gasteiger partial charge on any atom is -0.491 e. The first-order chi connectivity index (χ1) is 19.9. The maximum absolute atomic E-state index is 13.7. The van der Waals surface area contributed by atoms with Gasteiger partial charge in [0.25, 0.3) is 0 Å². The Kier molecular flexibility index (Phi) is 9.95. The van der Waals surface area contributed by atoms with Crippen molar-refractivity contribution in [3.8, 4) is 5.75 Å². The van der Waals surface area contributed by atoms with Gasteiger partial charge in [-0.25, -0.2) is 0 Å². The average Bonchev–Trinajstić information content (AvgIpc) is 3.28. The molecule has 2 unspecified atom stereocenters. The van der Waals surface area contributed by atoms with Crippen LogP contribution in [0.5, 0.6) is 5.75 Å². The van der Waals surface area contributed by atoms with Crippen molar-refractivity contribution >= 4 is 22.3 Å². The Morgan fingerprint density at radius 2 is 1.73 bits per heavy atom. The van der Waals surface area contributed by atoms with Crippen molar-refractivity contribution in [3.63, 3.8) is 0 Å². The lowest BCUT2D eigenvalue weighted by Crippen LogP contribution is -2.45. The molecule has 0 saturated carbocycles. The molecular weight excluding hydrogens is 533 g/mol. The van der Waals surface area contributed by atoms with E-state index in [2.05, 4.69) is 22.6 Å². The summed E-state index contributed by atoms with van der Waals surface area (Å²) >= 11 is 0. The zero-order valence-electron chi connectivity index (χ0n) is 23.7. The van der Waals surface area contributed by atoms with Crippen LogP contribution in [0.25, 0.3) is 10.9 Å². The molecule has 2 N–H and O–H groups in total. The molecule has 10 heteroatoms. The summed E-state index contributed by atoms with van der Waals surface area (Å²) in [6.07, 6.45) is -1.22. The van der Waals surface area contributed by atoms with Crippen LogP contribution in [0.2, 0.25) is 0 Å². The smallest absolute Gasteiger partial charge is 0.406 e. The van der Waals surface area contributed by atoms with Crippen LogP contribution in [0.15, 0.2) is 48.5 Å². The monoisotopic (exact) mass is 574 g/mol. The molecule has 0 aliphatic carbocycles. The van der Waals surface area contributed by atoms with Crippen LogP contribution >= 0.6 is 0 Å². The Balaban J connectivity index is 1.38. The lowest BCUT2D eigenvalue weighted by molar-refractivity contribution is -0.140. The van der Waals surface area contributed by atoms with E-state index < -0.39 is 12.7 Å². The van der Waals surface area contributed by atoms with Crippen molar-refractivity contribution in [2.45, 2.75) is 44.4 Å². The highest BCUT2D eigenvalue weighted by Gasteiger charge is 2.31. The van der Waals surface area contributed by atoms with Gasteiger partial charge < -0.3 is 34.3 Å². The van der Waals surface area contributed by atoms with Crippen molar-refractivity contribution in [1.29, 1.82) is 0 Å². The molecule has 4 heterocycles. The van der Waals surface area contributed by atoms with E-state index in [9.17, 15) is 13.2 Å². The maximum Gasteiger partial charge on any atom is 0.406 e. The molecular formula is C31H41F3N4O3. The number of halogens is 3. The number of ether oxygens (including phenoxy) is 3. The first-order valence-electron chi connectivity index (χ1n) is 14.6. The predicted octanol–water partition coefficient (Wildman–Crippen LogP) is 5.80. The summed E-state index contributed by atoms with van der Waals surface area (Å²) in [6, 6.07) is 15.5. The van der Waals surface area contributed by atoms with E-state index in [1.165, 1.54) is 4.57 Å². The van der Waals surface area contributed by atoms with Gasteiger partial charge in [0.1, 0.15) is 18.9 Å². The summed E-state index contributed by atoms with van der Waals surface area (Å²) in [5.41, 5.74) is 3.15. The van der Waals surface area contributed by atoms with Gasteiger partial charge in [-0.05, 0) is 87.7 Å². The van der Waals surface area contributed by atoms with E-state index in [1.807, 2.05) is 42.5 Å². The van der Waals surface area contributed by atoms with E-state index in [-0.39, 0.29) is 6.04 Å². The van der Waals surface area contributed by atoms with Gasteiger partial charge in [-0.1, -0.05) is 6.07 Å². The fourth-order valence-electron chi connectivity index (χ4n) is 5.88. The van der Waals surface area contributed by atoms with Crippen LogP contribution in [0.1, 0.15) is 25.0 Å². The third-order valence-electron chi connectivity index (χ3n) is 7.94. The van der Waals surface area contributed by atoms with Crippen LogP contribution in [-0.4, -0.2) is 81.4 Å². The summed E-state index contributed by atoms with van der Waals surface area (Å²) in [5.74, 6) is 1.12. The van der Waals surface area contributed by atoms with Crippen molar-refractivity contribution in [1.82, 2.24) is 9.47 Å². The SMILES string of the molecule is CN1CCC2Nc3cccc4c3cc(n4CC(F)(F)F)CCCNc3ccc(cc3)OCCOCCOCCC2C1. The third-order valence-corrected chi connectivity index (χ3v) is 7.94. The van der Waals surface area contributed by atoms with E-state index >= 15 is 0 Å². The number of alkyl halides is 3. The molecule has 3 aliphatic heterocycles. The summed E-state index contributed by atoms with van der Waals surface area (Å²) in [5, 5.41) is 7.95. The second-order valence-electron chi connectivity index (χ2n) is 11.1. The number of anilines is 2. The molecule has 2 aromatic carbocycles. The van der Waals surface area contributed by atoms with E-state index in [1.54, 1.807) is 6.07 Å². The van der Waals surface area contributed by atoms with Gasteiger partial charge in [0.2, 0.25) is 0 Å². The molecule has 0 radical (unpaired) electrons. The lowest BCUT2D eigenvalue weighted by Gasteiger charge is -2.38. The third kappa shape index (κ3) is 8.30. The first kappa shape index (κ1) is 29.5. The minimum absolute atomic E-state index is 0.212. The Morgan fingerprint density at radius 3 is 2.54 bits per heavy atom. The van der Waals surface area contributed by atoms with Gasteiger partial charge >= 0.3 is 6.18 Å². The number of aryl methyl sites for hydroxylation is 1. The number of fused-ring (bicyclic) bond motifs is 13. The van der Waals surface area contributed by atoms with Crippen LogP contribution in [0.4, 0.5) is 24.5 Å². The van der Waals surface area contributed by atoms with Gasteiger partial charge in [0.15, 0.2) is 0 Å². The highest BCUT2D eigenvalue weighted by Crippen LogP contribution is 2.33. The Bertz CT molecular complexity index is 1250. The summed E-state index contributed by atoms with van der Waals surface area (Å²) in [4.78, 5) is 2.33. The standard InChI is InChI=1S/C31H41F3N4O3/c1-37-14-11-28-23(21-37)12-15-39-16-17-40-18-19-41-26-9-7-24(8-10-26)35-13-3-4-25-20-27-29(36-28)5-2-6-30(27)38(25)22-31(32,33)34/h2,5-10,20,23,28,35-36H,3-4,11-19,21-22H2,1H3. The molecule has 6 rings (SSSR count). The molecule has 224 valence electrons. The van der Waals surface area contributed by atoms with Gasteiger partial charge in [0.05, 0.1) is 25.3 Å². The molecule has 0 amide bonds. The zero-order chi connectivity index (χ0) is 28.7. The Hall–Kier alpha value is -2.95. The van der Waals surface area contributed by atoms with E-state index in [4.69, 9.17) is 14.2 Å². The summed E-state index contributed by atoms with van der Waals surface area (Å²) < 4.78 is 59.8. The molecule has 1 saturated heterocycles. The number of nitrogens with zero attached hydrogens (tertiary/aromatic N) is 2. The van der Waals surface area contributed by atoms with Gasteiger partial charge in [-0.2, -0.15) is 13.2 Å². The first-order valence-corrected chi connectivity index (χ1v) is 14.6. The van der Waals surface area contributed by atoms with Crippen molar-refractivity contribution in [2.24, 2.45) is 5.92 Å². The van der Waals surface area contributed by atoms with Gasteiger partial charge in [-0.3, -0.25) is 0 Å². The zero-order valence-corrected chi connectivity index (χ0v) is 23.7. The molecule has 41 heavy (non-hydrogen) atoms. The molecule has 1 aromatic heterocycles. The van der Waals surface area contributed by atoms with E-state index in [0.29, 0.717) is 69.5 Å². The number of rotatable bonds is 1. The van der Waals surface area contributed by atoms with Crippen molar-refractivity contribution in [3.05, 3.63) is 54.2 Å². The number of piperidine rings is 1. The molecule has 1 fully saturated rings. The van der Waals surface area contributed by atoms with Crippen LogP contribution in [0.3, 0.4) is 0 Å². The second-order valence-corrected chi connectivity index (χ2v) is 11.1. The average molecular weight is 575 g/mol. The number of nitrogens with one attached hydrogen (secondary N) is 2. The number of aromatic nitrogens is 1. The fraction of sp³-hybridized carbons (Fsp3) is 0.548. The van der Waals surface area contributed by atoms with Crippen molar-refractivity contribution in [2.75, 3.05) is 70.3 Å². The molecule has 3 aliphatic rings. The lowest BCUT2D eigenvalue weighted by atomic mass is 9.89. The van der Waals surface area contributed by atoms with Crippen LogP contribution in [-0.2, 0) is 22.4 Å². The van der Waals surface area contributed by atoms with Crippen molar-refractivity contribution < 1.29 is 27.4 Å². The van der Waals surface area contributed by atoms with Crippen LogP contribution in [0, 0.1) is 5.92 Å². The highest BCUT2D eigenvalue weighted by molar-refractivity contribution is 5.93. The summed E-state index contributed by atoms with van der Waals surface area (Å²) in [7, 11) is 2.13. The predicted molar refractivity (Wildman–Crippen MR) is 156 cm³/mol. The Labute approximate surface area is 239 Å². The largest absolute Gasteiger partial charge is 0.491 e. The van der Waals surface area contributed by atoms with Crippen LogP contribution < -0.4 is 15.4 Å². The molecule has 0 spiro atoms.